The molecule has 0 fully saturated rings. The molecule has 152 valence electrons. The summed E-state index contributed by atoms with van der Waals surface area (Å²) in [5.41, 5.74) is 2.97. The molecule has 0 radical (unpaired) electrons. The normalized spacial score (nSPS) is 15.4. The molecule has 0 spiro atoms. The molecule has 1 N–H and O–H groups in total. The van der Waals surface area contributed by atoms with Gasteiger partial charge in [-0.3, -0.25) is 4.79 Å². The first-order valence-corrected chi connectivity index (χ1v) is 9.72. The van der Waals surface area contributed by atoms with Crippen molar-refractivity contribution in [3.63, 3.8) is 0 Å². The van der Waals surface area contributed by atoms with Crippen molar-refractivity contribution in [1.82, 2.24) is 14.5 Å². The fraction of sp³-hybridized carbons (Fsp3) is 0.0833. The summed E-state index contributed by atoms with van der Waals surface area (Å²) in [7, 11) is 0. The van der Waals surface area contributed by atoms with Crippen molar-refractivity contribution >= 4 is 21.8 Å². The molecule has 0 amide bonds. The second-order valence-electron chi connectivity index (χ2n) is 7.62. The molecule has 6 rings (SSSR count). The van der Waals surface area contributed by atoms with E-state index in [2.05, 4.69) is 9.97 Å². The number of nitrogens with one attached hydrogen (secondary N) is 1. The van der Waals surface area contributed by atoms with Crippen LogP contribution in [-0.2, 0) is 6.18 Å². The number of hydrogen-bond acceptors (Lipinski definition) is 2. The maximum Gasteiger partial charge on any atom is 0.416 e. The lowest BCUT2D eigenvalue weighted by Gasteiger charge is -2.30. The van der Waals surface area contributed by atoms with Gasteiger partial charge in [-0.2, -0.15) is 18.2 Å². The second-order valence-corrected chi connectivity index (χ2v) is 7.62. The summed E-state index contributed by atoms with van der Waals surface area (Å²) in [5.74, 6) is 0.506. The molecule has 0 bridgehead atoms. The van der Waals surface area contributed by atoms with Gasteiger partial charge in [0.25, 0.3) is 5.56 Å². The molecule has 0 saturated carbocycles. The number of alkyl halides is 3. The van der Waals surface area contributed by atoms with Gasteiger partial charge in [-0.1, -0.05) is 36.4 Å². The summed E-state index contributed by atoms with van der Waals surface area (Å²) >= 11 is 0. The summed E-state index contributed by atoms with van der Waals surface area (Å²) in [5, 5.41) is 1.39. The molecule has 4 nitrogen and oxygen atoms in total. The first-order valence-electron chi connectivity index (χ1n) is 9.72. The Morgan fingerprint density at radius 3 is 2.48 bits per heavy atom. The number of hydrogen-bond donors (Lipinski definition) is 1. The summed E-state index contributed by atoms with van der Waals surface area (Å²) in [6, 6.07) is 17.7. The maximum absolute atomic E-state index is 13.1. The number of H-pyrrole nitrogens is 1. The molecule has 7 heteroatoms. The van der Waals surface area contributed by atoms with Crippen LogP contribution in [0.3, 0.4) is 0 Å². The van der Waals surface area contributed by atoms with Crippen molar-refractivity contribution in [1.29, 1.82) is 0 Å². The number of rotatable bonds is 1. The Kier molecular flexibility index (Phi) is 3.51. The smallest absolute Gasteiger partial charge is 0.361 e. The van der Waals surface area contributed by atoms with E-state index in [4.69, 9.17) is 0 Å². The predicted octanol–water partition coefficient (Wildman–Crippen LogP) is 5.51. The number of aromatic nitrogens is 3. The van der Waals surface area contributed by atoms with Crippen LogP contribution in [0.2, 0.25) is 0 Å². The first-order chi connectivity index (χ1) is 14.9. The third-order valence-electron chi connectivity index (χ3n) is 5.91. The molecule has 1 unspecified atom stereocenters. The highest BCUT2D eigenvalue weighted by Gasteiger charge is 2.33. The van der Waals surface area contributed by atoms with Gasteiger partial charge in [0.1, 0.15) is 5.82 Å². The Hall–Kier alpha value is -3.87. The van der Waals surface area contributed by atoms with Gasteiger partial charge in [0, 0.05) is 28.2 Å². The van der Waals surface area contributed by atoms with Gasteiger partial charge in [0.2, 0.25) is 0 Å². The standard InChI is InChI=1S/C24H14F3N3O/c25-24(26,27)14-10-8-13(9-11-14)21-17-12-28-18-6-3-5-16(20(17)18)22-29-23(31)15-4-1-2-7-19(15)30(21)22/h1-12,21,28H. The van der Waals surface area contributed by atoms with Crippen LogP contribution in [0.1, 0.15) is 22.7 Å². The van der Waals surface area contributed by atoms with Crippen LogP contribution < -0.4 is 5.56 Å². The molecule has 5 aromatic rings. The van der Waals surface area contributed by atoms with E-state index in [-0.39, 0.29) is 5.56 Å². The average Bonchev–Trinajstić information content (AvgIpc) is 3.19. The predicted molar refractivity (Wildman–Crippen MR) is 112 cm³/mol. The van der Waals surface area contributed by atoms with Crippen molar-refractivity contribution < 1.29 is 13.2 Å². The minimum atomic E-state index is -4.41. The fourth-order valence-electron chi connectivity index (χ4n) is 4.58. The van der Waals surface area contributed by atoms with Gasteiger partial charge < -0.3 is 9.55 Å². The molecular weight excluding hydrogens is 403 g/mol. The zero-order chi connectivity index (χ0) is 21.3. The number of para-hydroxylation sites is 1. The van der Waals surface area contributed by atoms with Crippen molar-refractivity contribution in [3.8, 4) is 11.4 Å². The molecule has 3 heterocycles. The Morgan fingerprint density at radius 1 is 0.935 bits per heavy atom. The van der Waals surface area contributed by atoms with Gasteiger partial charge in [-0.15, -0.1) is 0 Å². The summed E-state index contributed by atoms with van der Waals surface area (Å²) < 4.78 is 41.3. The Bertz CT molecular complexity index is 1550. The number of nitrogens with zero attached hydrogens (tertiary/aromatic N) is 2. The summed E-state index contributed by atoms with van der Waals surface area (Å²) in [6.45, 7) is 0. The highest BCUT2D eigenvalue weighted by atomic mass is 19.4. The van der Waals surface area contributed by atoms with Gasteiger partial charge in [-0.05, 0) is 35.9 Å². The number of aromatic amines is 1. The lowest BCUT2D eigenvalue weighted by atomic mass is 9.90. The van der Waals surface area contributed by atoms with Crippen LogP contribution in [0.25, 0.3) is 33.2 Å². The van der Waals surface area contributed by atoms with Gasteiger partial charge in [0.15, 0.2) is 0 Å². The molecule has 1 aliphatic rings. The van der Waals surface area contributed by atoms with Crippen molar-refractivity contribution in [2.24, 2.45) is 0 Å². The van der Waals surface area contributed by atoms with Crippen LogP contribution in [0, 0.1) is 0 Å². The Labute approximate surface area is 173 Å². The van der Waals surface area contributed by atoms with E-state index in [1.54, 1.807) is 12.1 Å². The van der Waals surface area contributed by atoms with Crippen LogP contribution in [0.15, 0.2) is 77.7 Å². The van der Waals surface area contributed by atoms with Crippen molar-refractivity contribution in [3.05, 3.63) is 100.0 Å². The molecule has 0 aliphatic carbocycles. The van der Waals surface area contributed by atoms with E-state index < -0.39 is 17.8 Å². The van der Waals surface area contributed by atoms with E-state index in [0.29, 0.717) is 22.3 Å². The second kappa shape index (κ2) is 6.07. The molecule has 1 atom stereocenters. The quantitative estimate of drug-likeness (QED) is 0.383. The highest BCUT2D eigenvalue weighted by Crippen LogP contribution is 2.44. The van der Waals surface area contributed by atoms with E-state index in [9.17, 15) is 18.0 Å². The average molecular weight is 417 g/mol. The molecule has 3 aromatic carbocycles. The SMILES string of the molecule is O=c1nc2n(c3ccccc13)C(c1ccc(C(F)(F)F)cc1)c1c[nH]c3cccc-2c13. The van der Waals surface area contributed by atoms with Gasteiger partial charge >= 0.3 is 6.18 Å². The Morgan fingerprint density at radius 2 is 1.71 bits per heavy atom. The first kappa shape index (κ1) is 17.9. The van der Waals surface area contributed by atoms with E-state index in [0.717, 1.165) is 34.2 Å². The molecule has 0 saturated heterocycles. The largest absolute Gasteiger partial charge is 0.416 e. The third kappa shape index (κ3) is 2.49. The van der Waals surface area contributed by atoms with E-state index >= 15 is 0 Å². The van der Waals surface area contributed by atoms with Crippen molar-refractivity contribution in [2.75, 3.05) is 0 Å². The lowest BCUT2D eigenvalue weighted by Crippen LogP contribution is -2.24. The fourth-order valence-corrected chi connectivity index (χ4v) is 4.58. The number of benzene rings is 3. The third-order valence-corrected chi connectivity index (χ3v) is 5.91. The van der Waals surface area contributed by atoms with Crippen LogP contribution in [0.5, 0.6) is 0 Å². The lowest BCUT2D eigenvalue weighted by molar-refractivity contribution is -0.137. The molecule has 31 heavy (non-hydrogen) atoms. The van der Waals surface area contributed by atoms with Crippen molar-refractivity contribution in [2.45, 2.75) is 12.2 Å². The van der Waals surface area contributed by atoms with E-state index in [1.165, 1.54) is 12.1 Å². The van der Waals surface area contributed by atoms with Crippen LogP contribution in [0.4, 0.5) is 13.2 Å². The zero-order valence-electron chi connectivity index (χ0n) is 15.9. The van der Waals surface area contributed by atoms with Gasteiger partial charge in [0.05, 0.1) is 22.5 Å². The molecular formula is C24H14F3N3O. The minimum Gasteiger partial charge on any atom is -0.361 e. The zero-order valence-corrected chi connectivity index (χ0v) is 15.9. The maximum atomic E-state index is 13.1. The molecule has 1 aliphatic heterocycles. The Balaban J connectivity index is 1.72. The summed E-state index contributed by atoms with van der Waals surface area (Å²) in [6.07, 6.45) is -2.53. The summed E-state index contributed by atoms with van der Waals surface area (Å²) in [4.78, 5) is 20.4. The van der Waals surface area contributed by atoms with E-state index in [1.807, 2.05) is 41.1 Å². The van der Waals surface area contributed by atoms with Crippen LogP contribution >= 0.6 is 0 Å². The monoisotopic (exact) mass is 417 g/mol. The van der Waals surface area contributed by atoms with Gasteiger partial charge in [-0.25, -0.2) is 0 Å². The topological polar surface area (TPSA) is 50.7 Å². The number of fused-ring (bicyclic) bond motifs is 4. The van der Waals surface area contributed by atoms with Crippen LogP contribution in [-0.4, -0.2) is 14.5 Å². The number of halogens is 3. The minimum absolute atomic E-state index is 0.330. The molecule has 2 aromatic heterocycles. The highest BCUT2D eigenvalue weighted by molar-refractivity contribution is 5.99.